The number of hydrogen-bond acceptors (Lipinski definition) is 5. The number of hydrogen-bond donors (Lipinski definition) is 2. The summed E-state index contributed by atoms with van der Waals surface area (Å²) >= 11 is 6.05. The number of alkyl halides is 1. The Labute approximate surface area is 159 Å². The maximum absolute atomic E-state index is 12.3. The zero-order valence-corrected chi connectivity index (χ0v) is 16.4. The van der Waals surface area contributed by atoms with Gasteiger partial charge < -0.3 is 19.9 Å². The van der Waals surface area contributed by atoms with Crippen LogP contribution in [0, 0.1) is 0 Å². The van der Waals surface area contributed by atoms with Crippen LogP contribution in [0.15, 0.2) is 24.3 Å². The van der Waals surface area contributed by atoms with Crippen molar-refractivity contribution >= 4 is 33.0 Å². The standard InChI is InChI=1S/C17H24ClN3O4S/c1-25-16-5-3-2-4-15(16)21-8-6-20(7-9-21)10-17(22)19-14-12-26(23,24)11-13(14)18/h2-5,13-14H,6-12H2,1H3,(H,19,22)/p+1/t13-,14-/m1/s1. The molecule has 0 saturated carbocycles. The van der Waals surface area contributed by atoms with Crippen molar-refractivity contribution in [2.75, 3.05) is 56.2 Å². The van der Waals surface area contributed by atoms with Crippen LogP contribution in [0.1, 0.15) is 0 Å². The van der Waals surface area contributed by atoms with Crippen molar-refractivity contribution in [3.05, 3.63) is 24.3 Å². The summed E-state index contributed by atoms with van der Waals surface area (Å²) in [6, 6.07) is 7.44. The highest BCUT2D eigenvalue weighted by atomic mass is 35.5. The third kappa shape index (κ3) is 4.61. The number of halogens is 1. The molecular formula is C17H25ClN3O4S+. The van der Waals surface area contributed by atoms with Crippen LogP contribution in [-0.4, -0.2) is 77.1 Å². The van der Waals surface area contributed by atoms with Gasteiger partial charge in [-0.25, -0.2) is 8.42 Å². The van der Waals surface area contributed by atoms with E-state index in [2.05, 4.69) is 10.2 Å². The topological polar surface area (TPSA) is 80.2 Å². The Bertz CT molecular complexity index is 750. The molecule has 0 aromatic heterocycles. The van der Waals surface area contributed by atoms with E-state index in [0.717, 1.165) is 37.6 Å². The maximum Gasteiger partial charge on any atom is 0.275 e. The average Bonchev–Trinajstić information content (AvgIpc) is 2.87. The van der Waals surface area contributed by atoms with E-state index in [4.69, 9.17) is 16.3 Å². The van der Waals surface area contributed by atoms with Gasteiger partial charge in [-0.3, -0.25) is 4.79 Å². The number of anilines is 1. The minimum atomic E-state index is -3.14. The van der Waals surface area contributed by atoms with Gasteiger partial charge in [0.1, 0.15) is 5.75 Å². The van der Waals surface area contributed by atoms with Crippen molar-refractivity contribution in [2.45, 2.75) is 11.4 Å². The van der Waals surface area contributed by atoms with Gasteiger partial charge in [-0.1, -0.05) is 12.1 Å². The van der Waals surface area contributed by atoms with Crippen LogP contribution in [0.4, 0.5) is 5.69 Å². The number of piperazine rings is 1. The van der Waals surface area contributed by atoms with Crippen molar-refractivity contribution < 1.29 is 22.8 Å². The Morgan fingerprint density at radius 3 is 2.62 bits per heavy atom. The van der Waals surface area contributed by atoms with Gasteiger partial charge in [0, 0.05) is 0 Å². The van der Waals surface area contributed by atoms with Gasteiger partial charge in [0.15, 0.2) is 16.4 Å². The fraction of sp³-hybridized carbons (Fsp3) is 0.588. The first kappa shape index (κ1) is 19.3. The Balaban J connectivity index is 1.49. The fourth-order valence-corrected chi connectivity index (χ4v) is 6.10. The molecule has 2 heterocycles. The summed E-state index contributed by atoms with van der Waals surface area (Å²) in [4.78, 5) is 15.7. The third-order valence-corrected chi connectivity index (χ3v) is 7.31. The lowest BCUT2D eigenvalue weighted by Crippen LogP contribution is -3.16. The molecule has 2 N–H and O–H groups in total. The maximum atomic E-state index is 12.3. The molecule has 0 spiro atoms. The molecule has 2 saturated heterocycles. The monoisotopic (exact) mass is 402 g/mol. The Kier molecular flexibility index (Phi) is 5.94. The molecule has 2 atom stereocenters. The van der Waals surface area contributed by atoms with Crippen LogP contribution in [0.5, 0.6) is 5.75 Å². The van der Waals surface area contributed by atoms with E-state index >= 15 is 0 Å². The second-order valence-corrected chi connectivity index (χ2v) is 9.57. The van der Waals surface area contributed by atoms with Gasteiger partial charge in [-0.15, -0.1) is 11.6 Å². The second kappa shape index (κ2) is 8.02. The van der Waals surface area contributed by atoms with E-state index in [9.17, 15) is 13.2 Å². The average molecular weight is 403 g/mol. The lowest BCUT2D eigenvalue weighted by atomic mass is 10.2. The number of carbonyl (C=O) groups excluding carboxylic acids is 1. The summed E-state index contributed by atoms with van der Waals surface area (Å²) in [7, 11) is -1.48. The molecular weight excluding hydrogens is 378 g/mol. The number of benzene rings is 1. The van der Waals surface area contributed by atoms with Crippen LogP contribution in [-0.2, 0) is 14.6 Å². The highest BCUT2D eigenvalue weighted by Crippen LogP contribution is 2.27. The van der Waals surface area contributed by atoms with Crippen molar-refractivity contribution in [3.63, 3.8) is 0 Å². The molecule has 2 aliphatic heterocycles. The zero-order chi connectivity index (χ0) is 18.7. The Morgan fingerprint density at radius 1 is 1.31 bits per heavy atom. The number of sulfone groups is 1. The van der Waals surface area contributed by atoms with Gasteiger partial charge in [0.2, 0.25) is 0 Å². The molecule has 0 aliphatic carbocycles. The first-order valence-corrected chi connectivity index (χ1v) is 11.0. The smallest absolute Gasteiger partial charge is 0.275 e. The molecule has 0 radical (unpaired) electrons. The van der Waals surface area contributed by atoms with Gasteiger partial charge >= 0.3 is 0 Å². The summed E-state index contributed by atoms with van der Waals surface area (Å²) in [5, 5.41) is 2.25. The van der Waals surface area contributed by atoms with E-state index in [1.54, 1.807) is 7.11 Å². The molecule has 7 nitrogen and oxygen atoms in total. The first-order chi connectivity index (χ1) is 12.4. The molecule has 2 fully saturated rings. The van der Waals surface area contributed by atoms with Crippen LogP contribution >= 0.6 is 11.6 Å². The molecule has 9 heteroatoms. The van der Waals surface area contributed by atoms with Crippen molar-refractivity contribution in [2.24, 2.45) is 0 Å². The highest BCUT2D eigenvalue weighted by Gasteiger charge is 2.37. The van der Waals surface area contributed by atoms with Crippen molar-refractivity contribution in [1.29, 1.82) is 0 Å². The number of methoxy groups -OCH3 is 1. The predicted molar refractivity (Wildman–Crippen MR) is 101 cm³/mol. The highest BCUT2D eigenvalue weighted by molar-refractivity contribution is 7.91. The third-order valence-electron chi connectivity index (χ3n) is 4.94. The normalized spacial score (nSPS) is 25.8. The van der Waals surface area contributed by atoms with E-state index in [-0.39, 0.29) is 17.4 Å². The number of ether oxygens (including phenoxy) is 1. The van der Waals surface area contributed by atoms with E-state index in [0.29, 0.717) is 6.54 Å². The van der Waals surface area contributed by atoms with Gasteiger partial charge in [-0.2, -0.15) is 0 Å². The summed E-state index contributed by atoms with van der Waals surface area (Å²) in [5.74, 6) is 0.580. The molecule has 1 aromatic carbocycles. The first-order valence-electron chi connectivity index (χ1n) is 8.73. The summed E-state index contributed by atoms with van der Waals surface area (Å²) < 4.78 is 28.6. The molecule has 0 unspecified atom stereocenters. The predicted octanol–water partition coefficient (Wildman–Crippen LogP) is -1.08. The number of nitrogens with zero attached hydrogens (tertiary/aromatic N) is 1. The number of nitrogens with one attached hydrogen (secondary N) is 2. The Hall–Kier alpha value is -1.51. The molecule has 0 bridgehead atoms. The summed E-state index contributed by atoms with van der Waals surface area (Å²) in [6.07, 6.45) is 0. The van der Waals surface area contributed by atoms with Crippen LogP contribution < -0.4 is 19.9 Å². The molecule has 2 aliphatic rings. The molecule has 26 heavy (non-hydrogen) atoms. The van der Waals surface area contributed by atoms with Crippen LogP contribution in [0.25, 0.3) is 0 Å². The number of quaternary nitrogens is 1. The largest absolute Gasteiger partial charge is 0.495 e. The lowest BCUT2D eigenvalue weighted by Gasteiger charge is -2.34. The number of carbonyl (C=O) groups is 1. The second-order valence-electron chi connectivity index (χ2n) is 6.85. The molecule has 1 aromatic rings. The molecule has 144 valence electrons. The fourth-order valence-electron chi connectivity index (χ4n) is 3.55. The summed E-state index contributed by atoms with van der Waals surface area (Å²) in [6.45, 7) is 3.66. The van der Waals surface area contributed by atoms with E-state index in [1.807, 2.05) is 24.3 Å². The molecule has 3 rings (SSSR count). The van der Waals surface area contributed by atoms with Gasteiger partial charge in [0.05, 0.1) is 61.9 Å². The van der Waals surface area contributed by atoms with Crippen molar-refractivity contribution in [1.82, 2.24) is 5.32 Å². The van der Waals surface area contributed by atoms with Crippen LogP contribution in [0.2, 0.25) is 0 Å². The van der Waals surface area contributed by atoms with Crippen molar-refractivity contribution in [3.8, 4) is 5.75 Å². The SMILES string of the molecule is COc1ccccc1N1CC[NH+](CC(=O)N[C@@H]2CS(=O)(=O)C[C@H]2Cl)CC1. The number of rotatable bonds is 5. The number of para-hydroxylation sites is 2. The quantitative estimate of drug-likeness (QED) is 0.612. The zero-order valence-electron chi connectivity index (χ0n) is 14.8. The van der Waals surface area contributed by atoms with E-state index in [1.165, 1.54) is 4.90 Å². The Morgan fingerprint density at radius 2 is 2.00 bits per heavy atom. The number of amides is 1. The summed E-state index contributed by atoms with van der Waals surface area (Å²) in [5.41, 5.74) is 1.07. The van der Waals surface area contributed by atoms with E-state index < -0.39 is 21.3 Å². The van der Waals surface area contributed by atoms with Crippen LogP contribution in [0.3, 0.4) is 0 Å². The molecule has 1 amide bonds. The van der Waals surface area contributed by atoms with Gasteiger partial charge in [0.25, 0.3) is 5.91 Å². The van der Waals surface area contributed by atoms with Gasteiger partial charge in [-0.05, 0) is 12.1 Å². The minimum absolute atomic E-state index is 0.0655. The minimum Gasteiger partial charge on any atom is -0.495 e. The lowest BCUT2D eigenvalue weighted by molar-refractivity contribution is -0.892.